The van der Waals surface area contributed by atoms with E-state index in [-0.39, 0.29) is 11.3 Å². The van der Waals surface area contributed by atoms with Gasteiger partial charge in [-0.3, -0.25) is 0 Å². The maximum absolute atomic E-state index is 14.7. The lowest BCUT2D eigenvalue weighted by molar-refractivity contribution is -0.279. The van der Waals surface area contributed by atoms with Gasteiger partial charge in [0.05, 0.1) is 13.2 Å². The zero-order chi connectivity index (χ0) is 23.6. The minimum atomic E-state index is -4.99. The molecule has 1 aliphatic heterocycles. The van der Waals surface area contributed by atoms with Crippen LogP contribution in [0.2, 0.25) is 0 Å². The Morgan fingerprint density at radius 1 is 1.19 bits per heavy atom. The second-order valence-corrected chi connectivity index (χ2v) is 8.59. The van der Waals surface area contributed by atoms with Gasteiger partial charge in [0.25, 0.3) is 0 Å². The van der Waals surface area contributed by atoms with Crippen molar-refractivity contribution in [3.8, 4) is 5.75 Å². The monoisotopic (exact) mass is 453 g/mol. The lowest BCUT2D eigenvalue weighted by atomic mass is 9.70. The van der Waals surface area contributed by atoms with Crippen LogP contribution >= 0.6 is 0 Å². The van der Waals surface area contributed by atoms with Crippen molar-refractivity contribution in [1.29, 1.82) is 0 Å². The molecule has 4 nitrogen and oxygen atoms in total. The number of ether oxygens (including phenoxy) is 2. The lowest BCUT2D eigenvalue weighted by Crippen LogP contribution is -2.62. The van der Waals surface area contributed by atoms with Gasteiger partial charge in [0.2, 0.25) is 0 Å². The van der Waals surface area contributed by atoms with Crippen molar-refractivity contribution in [2.75, 3.05) is 7.11 Å². The first-order valence-electron chi connectivity index (χ1n) is 10.2. The van der Waals surface area contributed by atoms with Gasteiger partial charge in [0.15, 0.2) is 5.60 Å². The van der Waals surface area contributed by atoms with Crippen LogP contribution in [0.1, 0.15) is 38.7 Å². The number of methoxy groups -OCH3 is 1. The molecular formula is C24H27F4NO3. The van der Waals surface area contributed by atoms with E-state index in [0.29, 0.717) is 18.4 Å². The maximum atomic E-state index is 14.7. The average Bonchev–Trinajstić information content (AvgIpc) is 2.74. The predicted molar refractivity (Wildman–Crippen MR) is 113 cm³/mol. The molecule has 1 aromatic carbocycles. The summed E-state index contributed by atoms with van der Waals surface area (Å²) in [7, 11) is 1.37. The van der Waals surface area contributed by atoms with E-state index in [2.05, 4.69) is 0 Å². The Hall–Kier alpha value is -2.74. The van der Waals surface area contributed by atoms with E-state index in [0.717, 1.165) is 6.07 Å². The van der Waals surface area contributed by atoms with E-state index in [1.54, 1.807) is 12.2 Å². The number of allylic oxidation sites excluding steroid dienone is 3. The zero-order valence-corrected chi connectivity index (χ0v) is 18.2. The van der Waals surface area contributed by atoms with Gasteiger partial charge in [0, 0.05) is 18.0 Å². The minimum absolute atomic E-state index is 0.243. The van der Waals surface area contributed by atoms with E-state index in [1.165, 1.54) is 62.9 Å². The van der Waals surface area contributed by atoms with Gasteiger partial charge in [-0.1, -0.05) is 32.1 Å². The van der Waals surface area contributed by atoms with Gasteiger partial charge in [-0.05, 0) is 48.4 Å². The van der Waals surface area contributed by atoms with Crippen molar-refractivity contribution < 1.29 is 32.1 Å². The third-order valence-corrected chi connectivity index (χ3v) is 5.86. The SMILES string of the molecule is COc1ccc(F)cc1C(C)(C)CC(O)(C(C1=CC=CCC1)N1C=COC=C1)C(F)(F)F. The molecule has 0 spiro atoms. The van der Waals surface area contributed by atoms with Crippen LogP contribution in [-0.4, -0.2) is 34.9 Å². The summed E-state index contributed by atoms with van der Waals surface area (Å²) in [6.07, 6.45) is 5.60. The molecule has 2 unspecified atom stereocenters. The second kappa shape index (κ2) is 9.02. The first-order valence-corrected chi connectivity index (χ1v) is 10.2. The first kappa shape index (κ1) is 23.9. The summed E-state index contributed by atoms with van der Waals surface area (Å²) in [6, 6.07) is 2.27. The molecule has 0 radical (unpaired) electrons. The van der Waals surface area contributed by atoms with E-state index < -0.39 is 35.5 Å². The number of rotatable bonds is 7. The Balaban J connectivity index is 2.13. The third-order valence-electron chi connectivity index (χ3n) is 5.86. The van der Waals surface area contributed by atoms with Crippen LogP contribution in [0.5, 0.6) is 5.75 Å². The molecule has 8 heteroatoms. The topological polar surface area (TPSA) is 41.9 Å². The number of benzene rings is 1. The summed E-state index contributed by atoms with van der Waals surface area (Å²) in [4.78, 5) is 1.31. The molecule has 174 valence electrons. The molecule has 0 amide bonds. The van der Waals surface area contributed by atoms with Crippen molar-refractivity contribution in [2.45, 2.75) is 56.3 Å². The standard InChI is InChI=1S/C24H27F4NO3/c1-22(2,19-15-18(25)9-10-20(19)31-3)16-23(30,24(26,27)28)21(17-7-5-4-6-8-17)29-11-13-32-14-12-29/h4-5,7,9-15,21,30H,6,8,16H2,1-3H3. The molecule has 1 heterocycles. The van der Waals surface area contributed by atoms with Crippen LogP contribution in [-0.2, 0) is 10.2 Å². The van der Waals surface area contributed by atoms with Crippen molar-refractivity contribution >= 4 is 0 Å². The Labute approximate surface area is 185 Å². The lowest BCUT2D eigenvalue weighted by Gasteiger charge is -2.47. The van der Waals surface area contributed by atoms with E-state index in [9.17, 15) is 22.7 Å². The van der Waals surface area contributed by atoms with E-state index in [1.807, 2.05) is 6.08 Å². The van der Waals surface area contributed by atoms with Crippen molar-refractivity contribution in [1.82, 2.24) is 4.90 Å². The number of aliphatic hydroxyl groups is 1. The highest BCUT2D eigenvalue weighted by atomic mass is 19.4. The van der Waals surface area contributed by atoms with Crippen molar-refractivity contribution in [3.05, 3.63) is 78.3 Å². The maximum Gasteiger partial charge on any atom is 0.419 e. The highest BCUT2D eigenvalue weighted by Gasteiger charge is 2.62. The molecule has 1 aromatic rings. The molecule has 0 saturated heterocycles. The molecule has 1 aliphatic carbocycles. The van der Waals surface area contributed by atoms with E-state index >= 15 is 0 Å². The molecule has 0 saturated carbocycles. The predicted octanol–water partition coefficient (Wildman–Crippen LogP) is 5.72. The van der Waals surface area contributed by atoms with Gasteiger partial charge in [-0.2, -0.15) is 13.2 Å². The van der Waals surface area contributed by atoms with Gasteiger partial charge in [-0.25, -0.2) is 4.39 Å². The Bertz CT molecular complexity index is 937. The Morgan fingerprint density at radius 3 is 2.44 bits per heavy atom. The summed E-state index contributed by atoms with van der Waals surface area (Å²) in [5, 5.41) is 11.5. The summed E-state index contributed by atoms with van der Waals surface area (Å²) in [5.41, 5.74) is -3.78. The van der Waals surface area contributed by atoms with Gasteiger partial charge in [0.1, 0.15) is 24.1 Å². The van der Waals surface area contributed by atoms with Crippen LogP contribution in [0.15, 0.2) is 66.9 Å². The summed E-state index contributed by atoms with van der Waals surface area (Å²) in [5.74, 6) is -0.344. The zero-order valence-electron chi connectivity index (χ0n) is 18.2. The van der Waals surface area contributed by atoms with E-state index in [4.69, 9.17) is 9.47 Å². The van der Waals surface area contributed by atoms with Gasteiger partial charge in [-0.15, -0.1) is 0 Å². The molecule has 0 bridgehead atoms. The van der Waals surface area contributed by atoms with Crippen molar-refractivity contribution in [3.63, 3.8) is 0 Å². The Morgan fingerprint density at radius 2 is 1.88 bits per heavy atom. The quantitative estimate of drug-likeness (QED) is 0.537. The highest BCUT2D eigenvalue weighted by Crippen LogP contribution is 2.48. The molecule has 0 aromatic heterocycles. The fourth-order valence-electron chi connectivity index (χ4n) is 4.40. The summed E-state index contributed by atoms with van der Waals surface area (Å²) in [6.45, 7) is 3.08. The highest BCUT2D eigenvalue weighted by molar-refractivity contribution is 5.40. The third kappa shape index (κ3) is 4.70. The second-order valence-electron chi connectivity index (χ2n) is 8.59. The van der Waals surface area contributed by atoms with Crippen LogP contribution in [0.4, 0.5) is 17.6 Å². The van der Waals surface area contributed by atoms with Crippen LogP contribution < -0.4 is 4.74 Å². The number of halogens is 4. The summed E-state index contributed by atoms with van der Waals surface area (Å²) < 4.78 is 68.3. The molecule has 2 aliphatic rings. The number of nitrogens with zero attached hydrogens (tertiary/aromatic N) is 1. The number of alkyl halides is 3. The fourth-order valence-corrected chi connectivity index (χ4v) is 4.40. The molecule has 2 atom stereocenters. The van der Waals surface area contributed by atoms with Crippen molar-refractivity contribution in [2.24, 2.45) is 0 Å². The fraction of sp³-hybridized carbons (Fsp3) is 0.417. The average molecular weight is 453 g/mol. The first-order chi connectivity index (χ1) is 15.0. The minimum Gasteiger partial charge on any atom is -0.496 e. The van der Waals surface area contributed by atoms with Gasteiger partial charge >= 0.3 is 6.18 Å². The van der Waals surface area contributed by atoms with Crippen LogP contribution in [0.25, 0.3) is 0 Å². The van der Waals surface area contributed by atoms with Crippen LogP contribution in [0, 0.1) is 5.82 Å². The van der Waals surface area contributed by atoms with Crippen LogP contribution in [0.3, 0.4) is 0 Å². The number of hydrogen-bond acceptors (Lipinski definition) is 4. The molecule has 0 fully saturated rings. The molecule has 1 N–H and O–H groups in total. The molecule has 3 rings (SSSR count). The van der Waals surface area contributed by atoms with Gasteiger partial charge < -0.3 is 19.5 Å². The molecule has 32 heavy (non-hydrogen) atoms. The largest absolute Gasteiger partial charge is 0.496 e. The normalized spacial score (nSPS) is 19.2. The summed E-state index contributed by atoms with van der Waals surface area (Å²) >= 11 is 0. The number of hydrogen-bond donors (Lipinski definition) is 1. The smallest absolute Gasteiger partial charge is 0.419 e. The molecular weight excluding hydrogens is 426 g/mol. The Kier molecular flexibility index (Phi) is 6.74.